The third-order valence-electron chi connectivity index (χ3n) is 4.30. The maximum Gasteiger partial charge on any atom is 0.132 e. The van der Waals surface area contributed by atoms with Gasteiger partial charge in [0, 0.05) is 25.1 Å². The van der Waals surface area contributed by atoms with E-state index in [1.807, 2.05) is 0 Å². The monoisotopic (exact) mass is 243 g/mol. The van der Waals surface area contributed by atoms with E-state index in [9.17, 15) is 4.79 Å². The topological polar surface area (TPSA) is 29.1 Å². The zero-order valence-electron chi connectivity index (χ0n) is 10.9. The van der Waals surface area contributed by atoms with Crippen molar-refractivity contribution >= 4 is 11.5 Å². The smallest absolute Gasteiger partial charge is 0.132 e. The molecular weight excluding hydrogens is 222 g/mol. The van der Waals surface area contributed by atoms with Crippen LogP contribution in [0.5, 0.6) is 0 Å². The standard InChI is InChI=1S/C16H21NO/c18-15-6-3-12(4-7-15)10-13-5-8-16-14(11-13)2-1-9-17-16/h5,8,11-12,17H,1-4,6-7,9-10H2. The highest BCUT2D eigenvalue weighted by Crippen LogP contribution is 2.28. The molecule has 0 amide bonds. The summed E-state index contributed by atoms with van der Waals surface area (Å²) < 4.78 is 0. The number of ketones is 1. The molecule has 1 aliphatic heterocycles. The molecule has 0 bridgehead atoms. The summed E-state index contributed by atoms with van der Waals surface area (Å²) in [5, 5.41) is 3.45. The van der Waals surface area contributed by atoms with E-state index in [1.54, 1.807) is 0 Å². The average molecular weight is 243 g/mol. The van der Waals surface area contributed by atoms with Crippen molar-refractivity contribution in [3.8, 4) is 0 Å². The largest absolute Gasteiger partial charge is 0.385 e. The zero-order valence-corrected chi connectivity index (χ0v) is 10.9. The van der Waals surface area contributed by atoms with Gasteiger partial charge in [-0.1, -0.05) is 12.1 Å². The van der Waals surface area contributed by atoms with Crippen LogP contribution in [0.2, 0.25) is 0 Å². The first-order chi connectivity index (χ1) is 8.81. The van der Waals surface area contributed by atoms with Crippen molar-refractivity contribution in [1.82, 2.24) is 0 Å². The van der Waals surface area contributed by atoms with Gasteiger partial charge in [-0.05, 0) is 55.2 Å². The summed E-state index contributed by atoms with van der Waals surface area (Å²) in [5.74, 6) is 1.18. The summed E-state index contributed by atoms with van der Waals surface area (Å²) in [6.45, 7) is 1.11. The third kappa shape index (κ3) is 2.58. The first-order valence-electron chi connectivity index (χ1n) is 7.18. The molecular formula is C16H21NO. The molecule has 1 aromatic rings. The number of Topliss-reactive ketones (excluding diaryl/α,β-unsaturated/α-hetero) is 1. The predicted octanol–water partition coefficient (Wildman–Crippen LogP) is 3.35. The van der Waals surface area contributed by atoms with Gasteiger partial charge in [0.2, 0.25) is 0 Å². The number of hydrogen-bond acceptors (Lipinski definition) is 2. The zero-order chi connectivity index (χ0) is 12.4. The minimum Gasteiger partial charge on any atom is -0.385 e. The Morgan fingerprint density at radius 2 is 2.00 bits per heavy atom. The molecule has 2 nitrogen and oxygen atoms in total. The first-order valence-corrected chi connectivity index (χ1v) is 7.18. The maximum atomic E-state index is 11.2. The van der Waals surface area contributed by atoms with Gasteiger partial charge in [-0.15, -0.1) is 0 Å². The molecule has 3 rings (SSSR count). The van der Waals surface area contributed by atoms with E-state index in [4.69, 9.17) is 0 Å². The Bertz CT molecular complexity index is 442. The van der Waals surface area contributed by atoms with Gasteiger partial charge in [-0.2, -0.15) is 0 Å². The van der Waals surface area contributed by atoms with Crippen LogP contribution in [0, 0.1) is 5.92 Å². The Morgan fingerprint density at radius 3 is 2.83 bits per heavy atom. The molecule has 0 radical (unpaired) electrons. The van der Waals surface area contributed by atoms with Crippen LogP contribution in [0.4, 0.5) is 5.69 Å². The molecule has 2 aliphatic rings. The van der Waals surface area contributed by atoms with Crippen molar-refractivity contribution in [3.05, 3.63) is 29.3 Å². The lowest BCUT2D eigenvalue weighted by atomic mass is 9.83. The van der Waals surface area contributed by atoms with Crippen molar-refractivity contribution in [2.75, 3.05) is 11.9 Å². The van der Waals surface area contributed by atoms with Gasteiger partial charge in [0.1, 0.15) is 5.78 Å². The fourth-order valence-electron chi connectivity index (χ4n) is 3.19. The number of hydrogen-bond donors (Lipinski definition) is 1. The van der Waals surface area contributed by atoms with E-state index in [2.05, 4.69) is 23.5 Å². The van der Waals surface area contributed by atoms with Gasteiger partial charge in [0.15, 0.2) is 0 Å². The SMILES string of the molecule is O=C1CCC(Cc2ccc3c(c2)CCCN3)CC1. The summed E-state index contributed by atoms with van der Waals surface area (Å²) in [7, 11) is 0. The molecule has 0 saturated heterocycles. The molecule has 1 heterocycles. The van der Waals surface area contributed by atoms with Crippen LogP contribution in [-0.4, -0.2) is 12.3 Å². The average Bonchev–Trinajstić information content (AvgIpc) is 2.41. The fraction of sp³-hybridized carbons (Fsp3) is 0.562. The molecule has 96 valence electrons. The van der Waals surface area contributed by atoms with Crippen LogP contribution in [0.3, 0.4) is 0 Å². The van der Waals surface area contributed by atoms with Crippen molar-refractivity contribution in [2.45, 2.75) is 44.9 Å². The number of rotatable bonds is 2. The van der Waals surface area contributed by atoms with Crippen LogP contribution >= 0.6 is 0 Å². The summed E-state index contributed by atoms with van der Waals surface area (Å²) in [5.41, 5.74) is 4.26. The van der Waals surface area contributed by atoms with Crippen LogP contribution in [0.1, 0.15) is 43.2 Å². The highest BCUT2D eigenvalue weighted by atomic mass is 16.1. The molecule has 18 heavy (non-hydrogen) atoms. The van der Waals surface area contributed by atoms with E-state index in [0.29, 0.717) is 5.78 Å². The van der Waals surface area contributed by atoms with Gasteiger partial charge >= 0.3 is 0 Å². The van der Waals surface area contributed by atoms with E-state index >= 15 is 0 Å². The summed E-state index contributed by atoms with van der Waals surface area (Å²) in [6, 6.07) is 6.86. The minimum absolute atomic E-state index is 0.459. The number of nitrogens with one attached hydrogen (secondary N) is 1. The van der Waals surface area contributed by atoms with Gasteiger partial charge < -0.3 is 5.32 Å². The van der Waals surface area contributed by atoms with E-state index in [-0.39, 0.29) is 0 Å². The number of anilines is 1. The fourth-order valence-corrected chi connectivity index (χ4v) is 3.19. The third-order valence-corrected chi connectivity index (χ3v) is 4.30. The van der Waals surface area contributed by atoms with E-state index in [0.717, 1.165) is 44.6 Å². The molecule has 0 aromatic heterocycles. The second-order valence-corrected chi connectivity index (χ2v) is 5.71. The quantitative estimate of drug-likeness (QED) is 0.863. The van der Waals surface area contributed by atoms with Crippen molar-refractivity contribution in [2.24, 2.45) is 5.92 Å². The lowest BCUT2D eigenvalue weighted by Crippen LogP contribution is -2.16. The minimum atomic E-state index is 0.459. The second-order valence-electron chi connectivity index (χ2n) is 5.71. The summed E-state index contributed by atoms with van der Waals surface area (Å²) in [4.78, 5) is 11.2. The molecule has 0 unspecified atom stereocenters. The Morgan fingerprint density at radius 1 is 1.17 bits per heavy atom. The van der Waals surface area contributed by atoms with Gasteiger partial charge in [0.05, 0.1) is 0 Å². The lowest BCUT2D eigenvalue weighted by molar-refractivity contribution is -0.121. The normalized spacial score (nSPS) is 20.3. The lowest BCUT2D eigenvalue weighted by Gasteiger charge is -2.23. The summed E-state index contributed by atoms with van der Waals surface area (Å²) >= 11 is 0. The highest BCUT2D eigenvalue weighted by Gasteiger charge is 2.19. The molecule has 0 atom stereocenters. The predicted molar refractivity (Wildman–Crippen MR) is 73.9 cm³/mol. The second kappa shape index (κ2) is 5.13. The Kier molecular flexibility index (Phi) is 3.35. The number of benzene rings is 1. The molecule has 1 fully saturated rings. The van der Waals surface area contributed by atoms with Crippen LogP contribution in [-0.2, 0) is 17.6 Å². The van der Waals surface area contributed by atoms with Gasteiger partial charge in [-0.3, -0.25) is 4.79 Å². The number of fused-ring (bicyclic) bond motifs is 1. The maximum absolute atomic E-state index is 11.2. The van der Waals surface area contributed by atoms with Crippen LogP contribution in [0.15, 0.2) is 18.2 Å². The van der Waals surface area contributed by atoms with Crippen LogP contribution in [0.25, 0.3) is 0 Å². The van der Waals surface area contributed by atoms with Crippen molar-refractivity contribution in [1.29, 1.82) is 0 Å². The van der Waals surface area contributed by atoms with Gasteiger partial charge in [0.25, 0.3) is 0 Å². The number of aryl methyl sites for hydroxylation is 1. The molecule has 0 spiro atoms. The van der Waals surface area contributed by atoms with Crippen molar-refractivity contribution < 1.29 is 4.79 Å². The van der Waals surface area contributed by atoms with Gasteiger partial charge in [-0.25, -0.2) is 0 Å². The Balaban J connectivity index is 1.67. The highest BCUT2D eigenvalue weighted by molar-refractivity contribution is 5.79. The molecule has 1 aromatic carbocycles. The number of carbonyl (C=O) groups is 1. The molecule has 1 saturated carbocycles. The Hall–Kier alpha value is -1.31. The first kappa shape index (κ1) is 11.8. The Labute approximate surface area is 109 Å². The van der Waals surface area contributed by atoms with Crippen LogP contribution < -0.4 is 5.32 Å². The van der Waals surface area contributed by atoms with E-state index < -0.39 is 0 Å². The van der Waals surface area contributed by atoms with E-state index in [1.165, 1.54) is 29.7 Å². The molecule has 1 N–H and O–H groups in total. The summed E-state index contributed by atoms with van der Waals surface area (Å²) in [6.07, 6.45) is 7.39. The van der Waals surface area contributed by atoms with Crippen molar-refractivity contribution in [3.63, 3.8) is 0 Å². The molecule has 2 heteroatoms. The molecule has 1 aliphatic carbocycles. The number of carbonyl (C=O) groups excluding carboxylic acids is 1.